The quantitative estimate of drug-likeness (QED) is 0.909. The molecule has 2 aromatic rings. The standard InChI is InChI=1S/C20H24N2O3/c1-2-25-19-9-3-16(4-10-19)15-20(24)22-13-11-21(12-14-22)17-5-7-18(23)8-6-17/h3-10,23H,2,11-15H2,1H3. The molecular weight excluding hydrogens is 316 g/mol. The molecule has 25 heavy (non-hydrogen) atoms. The monoisotopic (exact) mass is 340 g/mol. The molecule has 1 heterocycles. The van der Waals surface area contributed by atoms with E-state index >= 15 is 0 Å². The second-order valence-corrected chi connectivity index (χ2v) is 6.14. The number of amides is 1. The number of anilines is 1. The molecule has 2 aromatic carbocycles. The van der Waals surface area contributed by atoms with Crippen LogP contribution in [-0.4, -0.2) is 48.7 Å². The summed E-state index contributed by atoms with van der Waals surface area (Å²) in [4.78, 5) is 16.7. The van der Waals surface area contributed by atoms with Gasteiger partial charge in [0.25, 0.3) is 0 Å². The molecule has 1 fully saturated rings. The van der Waals surface area contributed by atoms with Gasteiger partial charge in [-0.2, -0.15) is 0 Å². The molecule has 0 atom stereocenters. The molecule has 0 unspecified atom stereocenters. The predicted molar refractivity (Wildman–Crippen MR) is 98.2 cm³/mol. The summed E-state index contributed by atoms with van der Waals surface area (Å²) < 4.78 is 5.43. The van der Waals surface area contributed by atoms with Gasteiger partial charge in [-0.3, -0.25) is 4.79 Å². The van der Waals surface area contributed by atoms with Crippen molar-refractivity contribution in [2.45, 2.75) is 13.3 Å². The lowest BCUT2D eigenvalue weighted by molar-refractivity contribution is -0.130. The summed E-state index contributed by atoms with van der Waals surface area (Å²) in [6.07, 6.45) is 0.422. The largest absolute Gasteiger partial charge is 0.508 e. The molecule has 3 rings (SSSR count). The summed E-state index contributed by atoms with van der Waals surface area (Å²) in [6, 6.07) is 14.9. The van der Waals surface area contributed by atoms with Gasteiger partial charge in [0.05, 0.1) is 13.0 Å². The molecule has 1 aliphatic rings. The molecule has 0 saturated carbocycles. The molecule has 0 spiro atoms. The molecule has 1 aliphatic heterocycles. The second-order valence-electron chi connectivity index (χ2n) is 6.14. The van der Waals surface area contributed by atoms with Crippen molar-refractivity contribution < 1.29 is 14.6 Å². The van der Waals surface area contributed by atoms with E-state index in [9.17, 15) is 9.90 Å². The van der Waals surface area contributed by atoms with Crippen molar-refractivity contribution in [3.8, 4) is 11.5 Å². The summed E-state index contributed by atoms with van der Waals surface area (Å²) in [5.41, 5.74) is 2.09. The van der Waals surface area contributed by atoms with Crippen LogP contribution in [0.1, 0.15) is 12.5 Å². The Morgan fingerprint density at radius 3 is 2.24 bits per heavy atom. The average Bonchev–Trinajstić information content (AvgIpc) is 2.64. The van der Waals surface area contributed by atoms with Gasteiger partial charge in [-0.15, -0.1) is 0 Å². The Labute approximate surface area is 148 Å². The van der Waals surface area contributed by atoms with Crippen LogP contribution in [0.5, 0.6) is 11.5 Å². The minimum absolute atomic E-state index is 0.162. The molecule has 1 N–H and O–H groups in total. The zero-order valence-electron chi connectivity index (χ0n) is 14.5. The summed E-state index contributed by atoms with van der Waals surface area (Å²) in [5.74, 6) is 1.27. The molecule has 0 bridgehead atoms. The number of hydrogen-bond donors (Lipinski definition) is 1. The van der Waals surface area contributed by atoms with E-state index < -0.39 is 0 Å². The Morgan fingerprint density at radius 2 is 1.64 bits per heavy atom. The van der Waals surface area contributed by atoms with Crippen LogP contribution in [0.15, 0.2) is 48.5 Å². The van der Waals surface area contributed by atoms with Crippen molar-refractivity contribution in [2.24, 2.45) is 0 Å². The Morgan fingerprint density at radius 1 is 1.00 bits per heavy atom. The molecule has 0 aliphatic carbocycles. The minimum Gasteiger partial charge on any atom is -0.508 e. The van der Waals surface area contributed by atoms with Crippen LogP contribution in [0.2, 0.25) is 0 Å². The Hall–Kier alpha value is -2.69. The van der Waals surface area contributed by atoms with Gasteiger partial charge in [0.2, 0.25) is 5.91 Å². The van der Waals surface area contributed by atoms with Crippen molar-refractivity contribution in [3.05, 3.63) is 54.1 Å². The first kappa shape index (κ1) is 17.1. The topological polar surface area (TPSA) is 53.0 Å². The van der Waals surface area contributed by atoms with Crippen molar-refractivity contribution in [1.82, 2.24) is 4.90 Å². The fourth-order valence-corrected chi connectivity index (χ4v) is 3.03. The van der Waals surface area contributed by atoms with Gasteiger partial charge in [-0.25, -0.2) is 0 Å². The molecule has 0 aromatic heterocycles. The van der Waals surface area contributed by atoms with Crippen LogP contribution < -0.4 is 9.64 Å². The van der Waals surface area contributed by atoms with E-state index in [0.29, 0.717) is 13.0 Å². The third-order valence-corrected chi connectivity index (χ3v) is 4.44. The Kier molecular flexibility index (Phi) is 5.43. The number of phenols is 1. The smallest absolute Gasteiger partial charge is 0.227 e. The highest BCUT2D eigenvalue weighted by molar-refractivity contribution is 5.79. The Balaban J connectivity index is 1.51. The lowest BCUT2D eigenvalue weighted by Crippen LogP contribution is -2.49. The van der Waals surface area contributed by atoms with Gasteiger partial charge < -0.3 is 19.6 Å². The SMILES string of the molecule is CCOc1ccc(CC(=O)N2CCN(c3ccc(O)cc3)CC2)cc1. The number of carbonyl (C=O) groups excluding carboxylic acids is 1. The first-order valence-corrected chi connectivity index (χ1v) is 8.69. The summed E-state index contributed by atoms with van der Waals surface area (Å²) in [6.45, 7) is 5.64. The van der Waals surface area contributed by atoms with Gasteiger partial charge in [-0.05, 0) is 48.9 Å². The second kappa shape index (κ2) is 7.92. The van der Waals surface area contributed by atoms with Crippen LogP contribution in [0.3, 0.4) is 0 Å². The summed E-state index contributed by atoms with van der Waals surface area (Å²) in [7, 11) is 0. The van der Waals surface area contributed by atoms with E-state index in [0.717, 1.165) is 43.2 Å². The van der Waals surface area contributed by atoms with Crippen LogP contribution in [0.4, 0.5) is 5.69 Å². The number of benzene rings is 2. The highest BCUT2D eigenvalue weighted by Gasteiger charge is 2.21. The summed E-state index contributed by atoms with van der Waals surface area (Å²) >= 11 is 0. The molecule has 1 saturated heterocycles. The maximum Gasteiger partial charge on any atom is 0.227 e. The number of carbonyl (C=O) groups is 1. The van der Waals surface area contributed by atoms with Gasteiger partial charge in [-0.1, -0.05) is 12.1 Å². The van der Waals surface area contributed by atoms with Crippen molar-refractivity contribution >= 4 is 11.6 Å². The van der Waals surface area contributed by atoms with Crippen LogP contribution >= 0.6 is 0 Å². The molecular formula is C20H24N2O3. The van der Waals surface area contributed by atoms with E-state index in [-0.39, 0.29) is 11.7 Å². The highest BCUT2D eigenvalue weighted by atomic mass is 16.5. The van der Waals surface area contributed by atoms with Gasteiger partial charge in [0.15, 0.2) is 0 Å². The number of ether oxygens (including phenoxy) is 1. The van der Waals surface area contributed by atoms with Crippen molar-refractivity contribution in [1.29, 1.82) is 0 Å². The highest BCUT2D eigenvalue weighted by Crippen LogP contribution is 2.20. The maximum absolute atomic E-state index is 12.5. The fraction of sp³-hybridized carbons (Fsp3) is 0.350. The predicted octanol–water partition coefficient (Wildman–Crippen LogP) is 2.68. The number of rotatable bonds is 5. The molecule has 5 heteroatoms. The number of phenolic OH excluding ortho intramolecular Hbond substituents is 1. The van der Waals surface area contributed by atoms with Crippen LogP contribution in [0.25, 0.3) is 0 Å². The van der Waals surface area contributed by atoms with E-state index in [1.54, 1.807) is 12.1 Å². The first-order chi connectivity index (χ1) is 12.2. The van der Waals surface area contributed by atoms with Gasteiger partial charge >= 0.3 is 0 Å². The van der Waals surface area contributed by atoms with Crippen LogP contribution in [0, 0.1) is 0 Å². The lowest BCUT2D eigenvalue weighted by Gasteiger charge is -2.36. The number of piperazine rings is 1. The molecule has 0 radical (unpaired) electrons. The number of aromatic hydroxyl groups is 1. The van der Waals surface area contributed by atoms with E-state index in [1.807, 2.05) is 48.2 Å². The molecule has 5 nitrogen and oxygen atoms in total. The van der Waals surface area contributed by atoms with Crippen molar-refractivity contribution in [3.63, 3.8) is 0 Å². The third kappa shape index (κ3) is 4.44. The van der Waals surface area contributed by atoms with E-state index in [2.05, 4.69) is 4.90 Å². The maximum atomic E-state index is 12.5. The number of hydrogen-bond acceptors (Lipinski definition) is 4. The minimum atomic E-state index is 0.162. The van der Waals surface area contributed by atoms with Crippen LogP contribution in [-0.2, 0) is 11.2 Å². The number of nitrogens with zero attached hydrogens (tertiary/aromatic N) is 2. The zero-order chi connectivity index (χ0) is 17.6. The zero-order valence-corrected chi connectivity index (χ0v) is 14.5. The first-order valence-electron chi connectivity index (χ1n) is 8.69. The average molecular weight is 340 g/mol. The van der Waals surface area contributed by atoms with Crippen molar-refractivity contribution in [2.75, 3.05) is 37.7 Å². The van der Waals surface area contributed by atoms with E-state index in [1.165, 1.54) is 0 Å². The Bertz CT molecular complexity index is 690. The van der Waals surface area contributed by atoms with E-state index in [4.69, 9.17) is 4.74 Å². The van der Waals surface area contributed by atoms with Gasteiger partial charge in [0.1, 0.15) is 11.5 Å². The molecule has 132 valence electrons. The third-order valence-electron chi connectivity index (χ3n) is 4.44. The molecule has 1 amide bonds. The normalized spacial score (nSPS) is 14.4. The van der Waals surface area contributed by atoms with Gasteiger partial charge in [0, 0.05) is 31.9 Å². The fourth-order valence-electron chi connectivity index (χ4n) is 3.03. The summed E-state index contributed by atoms with van der Waals surface area (Å²) in [5, 5.41) is 9.38. The lowest BCUT2D eigenvalue weighted by atomic mass is 10.1.